The van der Waals surface area contributed by atoms with E-state index in [2.05, 4.69) is 16.4 Å². The number of amides is 2. The number of rotatable bonds is 5. The number of aliphatic hydroxyl groups excluding tert-OH is 1. The van der Waals surface area contributed by atoms with Crippen molar-refractivity contribution in [1.29, 1.82) is 5.26 Å². The molecule has 0 saturated carbocycles. The summed E-state index contributed by atoms with van der Waals surface area (Å²) < 4.78 is 0. The molecule has 2 rings (SSSR count). The second-order valence-electron chi connectivity index (χ2n) is 5.28. The minimum absolute atomic E-state index is 0.259. The van der Waals surface area contributed by atoms with Gasteiger partial charge in [-0.2, -0.15) is 5.26 Å². The summed E-state index contributed by atoms with van der Waals surface area (Å²) in [5, 5.41) is 21.3. The number of nitriles is 1. The summed E-state index contributed by atoms with van der Waals surface area (Å²) in [5.41, 5.74) is 1.71. The lowest BCUT2D eigenvalue weighted by Gasteiger charge is -2.18. The Labute approximate surface area is 139 Å². The minimum Gasteiger partial charge on any atom is -0.392 e. The first-order chi connectivity index (χ1) is 11.0. The molecule has 7 heteroatoms. The van der Waals surface area contributed by atoms with Gasteiger partial charge in [0.15, 0.2) is 5.13 Å². The third-order valence-corrected chi connectivity index (χ3v) is 4.03. The maximum absolute atomic E-state index is 11.9. The Hall–Kier alpha value is -2.43. The summed E-state index contributed by atoms with van der Waals surface area (Å²) in [6.07, 6.45) is 1.85. The molecule has 0 aliphatic heterocycles. The molecular formula is C16H18N4O2S. The van der Waals surface area contributed by atoms with E-state index in [0.717, 1.165) is 10.4 Å². The van der Waals surface area contributed by atoms with Gasteiger partial charge in [0.25, 0.3) is 0 Å². The largest absolute Gasteiger partial charge is 0.392 e. The van der Waals surface area contributed by atoms with Crippen molar-refractivity contribution >= 4 is 22.5 Å². The highest BCUT2D eigenvalue weighted by Gasteiger charge is 2.13. The van der Waals surface area contributed by atoms with Gasteiger partial charge < -0.3 is 10.0 Å². The Morgan fingerprint density at radius 2 is 2.17 bits per heavy atom. The Bertz CT molecular complexity index is 704. The third kappa shape index (κ3) is 5.06. The number of anilines is 1. The van der Waals surface area contributed by atoms with E-state index < -0.39 is 6.10 Å². The lowest BCUT2D eigenvalue weighted by atomic mass is 10.1. The predicted octanol–water partition coefficient (Wildman–Crippen LogP) is 2.45. The van der Waals surface area contributed by atoms with E-state index in [1.807, 2.05) is 12.1 Å². The van der Waals surface area contributed by atoms with E-state index in [0.29, 0.717) is 17.1 Å². The fourth-order valence-corrected chi connectivity index (χ4v) is 2.85. The van der Waals surface area contributed by atoms with Crippen LogP contribution in [0.1, 0.15) is 22.9 Å². The molecule has 1 atom stereocenters. The van der Waals surface area contributed by atoms with Crippen LogP contribution in [0.15, 0.2) is 30.5 Å². The highest BCUT2D eigenvalue weighted by Crippen LogP contribution is 2.21. The second-order valence-corrected chi connectivity index (χ2v) is 6.39. The molecule has 23 heavy (non-hydrogen) atoms. The fraction of sp³-hybridized carbons (Fsp3) is 0.312. The normalized spacial score (nSPS) is 11.6. The van der Waals surface area contributed by atoms with Crippen molar-refractivity contribution in [2.45, 2.75) is 19.4 Å². The zero-order chi connectivity index (χ0) is 16.8. The van der Waals surface area contributed by atoms with E-state index in [1.165, 1.54) is 16.2 Å². The van der Waals surface area contributed by atoms with Gasteiger partial charge in [-0.05, 0) is 24.6 Å². The van der Waals surface area contributed by atoms with Crippen LogP contribution >= 0.6 is 11.3 Å². The van der Waals surface area contributed by atoms with Crippen molar-refractivity contribution in [3.63, 3.8) is 0 Å². The lowest BCUT2D eigenvalue weighted by Crippen LogP contribution is -2.36. The van der Waals surface area contributed by atoms with Crippen LogP contribution in [0.5, 0.6) is 0 Å². The quantitative estimate of drug-likeness (QED) is 0.881. The number of nitrogens with zero attached hydrogens (tertiary/aromatic N) is 3. The third-order valence-electron chi connectivity index (χ3n) is 3.11. The average molecular weight is 330 g/mol. The van der Waals surface area contributed by atoms with Crippen LogP contribution in [-0.2, 0) is 6.42 Å². The smallest absolute Gasteiger partial charge is 0.323 e. The lowest BCUT2D eigenvalue weighted by molar-refractivity contribution is 0.149. The second kappa shape index (κ2) is 7.72. The number of hydrogen-bond acceptors (Lipinski definition) is 5. The van der Waals surface area contributed by atoms with Crippen molar-refractivity contribution in [2.24, 2.45) is 0 Å². The van der Waals surface area contributed by atoms with Crippen LogP contribution in [0.2, 0.25) is 0 Å². The number of nitrogens with one attached hydrogen (secondary N) is 1. The van der Waals surface area contributed by atoms with Crippen LogP contribution in [0, 0.1) is 11.3 Å². The number of carbonyl (C=O) groups excluding carboxylic acids is 1. The molecule has 0 unspecified atom stereocenters. The monoisotopic (exact) mass is 330 g/mol. The molecule has 0 bridgehead atoms. The van der Waals surface area contributed by atoms with E-state index in [1.54, 1.807) is 32.3 Å². The molecule has 0 aliphatic carbocycles. The van der Waals surface area contributed by atoms with Gasteiger partial charge in [-0.3, -0.25) is 5.32 Å². The summed E-state index contributed by atoms with van der Waals surface area (Å²) >= 11 is 1.41. The average Bonchev–Trinajstić information content (AvgIpc) is 2.94. The number of aliphatic hydroxyl groups is 1. The standard InChI is InChI=1S/C16H18N4O2S/c1-11(21)10-20(2)16(22)19-15-18-9-14(23-15)7-12-3-5-13(8-17)6-4-12/h3-6,9,11,21H,7,10H2,1-2H3,(H,18,19,22)/t11-/m0/s1. The molecule has 0 saturated heterocycles. The van der Waals surface area contributed by atoms with E-state index in [9.17, 15) is 9.90 Å². The molecule has 2 aromatic rings. The Balaban J connectivity index is 1.95. The minimum atomic E-state index is -0.575. The summed E-state index contributed by atoms with van der Waals surface area (Å²) in [5.74, 6) is 0. The van der Waals surface area contributed by atoms with Gasteiger partial charge in [0.05, 0.1) is 17.7 Å². The highest BCUT2D eigenvalue weighted by atomic mass is 32.1. The summed E-state index contributed by atoms with van der Waals surface area (Å²) in [6, 6.07) is 9.17. The van der Waals surface area contributed by atoms with Gasteiger partial charge in [0, 0.05) is 31.1 Å². The molecule has 1 aromatic carbocycles. The first-order valence-electron chi connectivity index (χ1n) is 7.12. The van der Waals surface area contributed by atoms with Gasteiger partial charge in [-0.15, -0.1) is 11.3 Å². The van der Waals surface area contributed by atoms with Gasteiger partial charge >= 0.3 is 6.03 Å². The maximum atomic E-state index is 11.9. The van der Waals surface area contributed by atoms with E-state index in [-0.39, 0.29) is 12.6 Å². The van der Waals surface area contributed by atoms with Crippen molar-refractivity contribution in [1.82, 2.24) is 9.88 Å². The number of carbonyl (C=O) groups is 1. The number of hydrogen-bond donors (Lipinski definition) is 2. The van der Waals surface area contributed by atoms with Crippen LogP contribution in [-0.4, -0.2) is 40.7 Å². The molecule has 6 nitrogen and oxygen atoms in total. The van der Waals surface area contributed by atoms with Gasteiger partial charge in [-0.1, -0.05) is 12.1 Å². The van der Waals surface area contributed by atoms with Crippen molar-refractivity contribution in [3.05, 3.63) is 46.5 Å². The maximum Gasteiger partial charge on any atom is 0.323 e. The highest BCUT2D eigenvalue weighted by molar-refractivity contribution is 7.15. The molecule has 0 aliphatic rings. The first-order valence-corrected chi connectivity index (χ1v) is 7.93. The molecular weight excluding hydrogens is 312 g/mol. The van der Waals surface area contributed by atoms with E-state index in [4.69, 9.17) is 5.26 Å². The summed E-state index contributed by atoms with van der Waals surface area (Å²) in [4.78, 5) is 18.5. The van der Waals surface area contributed by atoms with E-state index >= 15 is 0 Å². The van der Waals surface area contributed by atoms with Gasteiger partial charge in [-0.25, -0.2) is 9.78 Å². The Morgan fingerprint density at radius 1 is 1.48 bits per heavy atom. The van der Waals surface area contributed by atoms with Crippen molar-refractivity contribution < 1.29 is 9.90 Å². The molecule has 0 spiro atoms. The predicted molar refractivity (Wildman–Crippen MR) is 89.4 cm³/mol. The van der Waals surface area contributed by atoms with Crippen molar-refractivity contribution in [2.75, 3.05) is 18.9 Å². The molecule has 0 radical (unpaired) electrons. The molecule has 1 heterocycles. The van der Waals surface area contributed by atoms with Gasteiger partial charge in [0.2, 0.25) is 0 Å². The molecule has 0 fully saturated rings. The number of benzene rings is 1. The number of aromatic nitrogens is 1. The first kappa shape index (κ1) is 16.9. The number of thiazole rings is 1. The van der Waals surface area contributed by atoms with Crippen LogP contribution in [0.3, 0.4) is 0 Å². The summed E-state index contributed by atoms with van der Waals surface area (Å²) in [6.45, 7) is 1.89. The number of urea groups is 1. The SMILES string of the molecule is C[C@H](O)CN(C)C(=O)Nc1ncc(Cc2ccc(C#N)cc2)s1. The van der Waals surface area contributed by atoms with Crippen LogP contribution in [0.4, 0.5) is 9.93 Å². The Kier molecular flexibility index (Phi) is 5.68. The zero-order valence-corrected chi connectivity index (χ0v) is 13.8. The van der Waals surface area contributed by atoms with Crippen molar-refractivity contribution in [3.8, 4) is 6.07 Å². The number of likely N-dealkylation sites (N-methyl/N-ethyl adjacent to an activating group) is 1. The van der Waals surface area contributed by atoms with Gasteiger partial charge in [0.1, 0.15) is 0 Å². The molecule has 2 amide bonds. The Morgan fingerprint density at radius 3 is 2.78 bits per heavy atom. The molecule has 2 N–H and O–H groups in total. The zero-order valence-electron chi connectivity index (χ0n) is 13.0. The topological polar surface area (TPSA) is 89.2 Å². The van der Waals surface area contributed by atoms with Crippen LogP contribution in [0.25, 0.3) is 0 Å². The molecule has 1 aromatic heterocycles. The summed E-state index contributed by atoms with van der Waals surface area (Å²) in [7, 11) is 1.62. The fourth-order valence-electron chi connectivity index (χ4n) is 2.01. The molecule has 120 valence electrons. The van der Waals surface area contributed by atoms with Crippen LogP contribution < -0.4 is 5.32 Å².